The standard InChI is InChI=1S/C13H16ClN3O2/c1-2-19-7-3-6-16-13(18)17-11-5-4-10(9-15)12(14)8-11/h4-5,8H,2-3,6-7H2,1H3,(H2,16,17,18). The van der Waals surface area contributed by atoms with E-state index in [0.717, 1.165) is 6.42 Å². The second-order valence-corrected chi connectivity index (χ2v) is 4.15. The highest BCUT2D eigenvalue weighted by molar-refractivity contribution is 6.32. The number of hydrogen-bond acceptors (Lipinski definition) is 3. The summed E-state index contributed by atoms with van der Waals surface area (Å²) in [5, 5.41) is 14.4. The lowest BCUT2D eigenvalue weighted by Crippen LogP contribution is -2.30. The van der Waals surface area contributed by atoms with Crippen LogP contribution in [0.2, 0.25) is 5.02 Å². The number of rotatable bonds is 6. The molecule has 0 aliphatic carbocycles. The maximum absolute atomic E-state index is 11.5. The van der Waals surface area contributed by atoms with Crippen LogP contribution in [0.5, 0.6) is 0 Å². The highest BCUT2D eigenvalue weighted by atomic mass is 35.5. The van der Waals surface area contributed by atoms with Gasteiger partial charge < -0.3 is 15.4 Å². The summed E-state index contributed by atoms with van der Waals surface area (Å²) in [6.07, 6.45) is 0.759. The largest absolute Gasteiger partial charge is 0.382 e. The number of nitrogens with zero attached hydrogens (tertiary/aromatic N) is 1. The molecule has 0 aromatic heterocycles. The number of halogens is 1. The zero-order valence-corrected chi connectivity index (χ0v) is 11.5. The lowest BCUT2D eigenvalue weighted by atomic mass is 10.2. The Balaban J connectivity index is 2.36. The number of nitriles is 1. The van der Waals surface area contributed by atoms with E-state index in [1.165, 1.54) is 0 Å². The summed E-state index contributed by atoms with van der Waals surface area (Å²) in [6, 6.07) is 6.38. The predicted molar refractivity (Wildman–Crippen MR) is 74.3 cm³/mol. The highest BCUT2D eigenvalue weighted by Crippen LogP contribution is 2.19. The van der Waals surface area contributed by atoms with Crippen molar-refractivity contribution in [2.45, 2.75) is 13.3 Å². The Labute approximate surface area is 117 Å². The summed E-state index contributed by atoms with van der Waals surface area (Å²) in [6.45, 7) is 3.76. The summed E-state index contributed by atoms with van der Waals surface area (Å²) < 4.78 is 5.16. The van der Waals surface area contributed by atoms with Crippen LogP contribution in [-0.2, 0) is 4.74 Å². The second-order valence-electron chi connectivity index (χ2n) is 3.74. The number of nitrogens with one attached hydrogen (secondary N) is 2. The molecule has 102 valence electrons. The number of ether oxygens (including phenoxy) is 1. The van der Waals surface area contributed by atoms with Crippen molar-refractivity contribution in [1.82, 2.24) is 5.32 Å². The molecule has 0 saturated heterocycles. The maximum Gasteiger partial charge on any atom is 0.319 e. The van der Waals surface area contributed by atoms with Gasteiger partial charge in [0, 0.05) is 25.4 Å². The summed E-state index contributed by atoms with van der Waals surface area (Å²) in [7, 11) is 0. The molecule has 6 heteroatoms. The SMILES string of the molecule is CCOCCCNC(=O)Nc1ccc(C#N)c(Cl)c1. The van der Waals surface area contributed by atoms with E-state index >= 15 is 0 Å². The number of anilines is 1. The highest BCUT2D eigenvalue weighted by Gasteiger charge is 2.04. The van der Waals surface area contributed by atoms with Gasteiger partial charge >= 0.3 is 6.03 Å². The molecule has 0 unspecified atom stereocenters. The monoisotopic (exact) mass is 281 g/mol. The number of urea groups is 1. The molecule has 1 aromatic carbocycles. The van der Waals surface area contributed by atoms with E-state index in [-0.39, 0.29) is 6.03 Å². The smallest absolute Gasteiger partial charge is 0.319 e. The van der Waals surface area contributed by atoms with Crippen molar-refractivity contribution < 1.29 is 9.53 Å². The third-order valence-electron chi connectivity index (χ3n) is 2.30. The van der Waals surface area contributed by atoms with Gasteiger partial charge in [0.05, 0.1) is 10.6 Å². The van der Waals surface area contributed by atoms with Crippen molar-refractivity contribution in [3.8, 4) is 6.07 Å². The molecule has 0 heterocycles. The summed E-state index contributed by atoms with van der Waals surface area (Å²) in [4.78, 5) is 11.5. The Kier molecular flexibility index (Phi) is 6.72. The van der Waals surface area contributed by atoms with Crippen molar-refractivity contribution in [1.29, 1.82) is 5.26 Å². The number of carbonyl (C=O) groups excluding carboxylic acids is 1. The summed E-state index contributed by atoms with van der Waals surface area (Å²) in [5.74, 6) is 0. The molecular weight excluding hydrogens is 266 g/mol. The zero-order chi connectivity index (χ0) is 14.1. The molecule has 2 N–H and O–H groups in total. The van der Waals surface area contributed by atoms with Gasteiger partial charge in [-0.15, -0.1) is 0 Å². The average Bonchev–Trinajstić information content (AvgIpc) is 2.39. The van der Waals surface area contributed by atoms with Crippen LogP contribution >= 0.6 is 11.6 Å². The lowest BCUT2D eigenvalue weighted by molar-refractivity contribution is 0.145. The Hall–Kier alpha value is -1.77. The van der Waals surface area contributed by atoms with Crippen molar-refractivity contribution in [2.24, 2.45) is 0 Å². The van der Waals surface area contributed by atoms with Gasteiger partial charge in [-0.25, -0.2) is 4.79 Å². The van der Waals surface area contributed by atoms with Crippen LogP contribution < -0.4 is 10.6 Å². The van der Waals surface area contributed by atoms with Gasteiger partial charge in [0.25, 0.3) is 0 Å². The average molecular weight is 282 g/mol. The quantitative estimate of drug-likeness (QED) is 0.787. The molecule has 0 bridgehead atoms. The molecule has 2 amide bonds. The molecular formula is C13H16ClN3O2. The summed E-state index contributed by atoms with van der Waals surface area (Å²) in [5.41, 5.74) is 0.927. The molecule has 5 nitrogen and oxygen atoms in total. The summed E-state index contributed by atoms with van der Waals surface area (Å²) >= 11 is 5.86. The van der Waals surface area contributed by atoms with Gasteiger partial charge in [0.2, 0.25) is 0 Å². The van der Waals surface area contributed by atoms with Gasteiger partial charge in [-0.05, 0) is 31.5 Å². The molecule has 19 heavy (non-hydrogen) atoms. The van der Waals surface area contributed by atoms with E-state index in [1.54, 1.807) is 18.2 Å². The molecule has 0 atom stereocenters. The van der Waals surface area contributed by atoms with Crippen molar-refractivity contribution in [3.63, 3.8) is 0 Å². The Morgan fingerprint density at radius 2 is 2.32 bits per heavy atom. The first-order valence-electron chi connectivity index (χ1n) is 5.99. The van der Waals surface area contributed by atoms with Gasteiger partial charge in [0.15, 0.2) is 0 Å². The topological polar surface area (TPSA) is 74.2 Å². The van der Waals surface area contributed by atoms with Gasteiger partial charge in [-0.1, -0.05) is 11.6 Å². The molecule has 0 saturated carbocycles. The second kappa shape index (κ2) is 8.35. The van der Waals surface area contributed by atoms with Crippen LogP contribution in [0.4, 0.5) is 10.5 Å². The first-order valence-corrected chi connectivity index (χ1v) is 6.37. The van der Waals surface area contributed by atoms with Crippen LogP contribution in [0.1, 0.15) is 18.9 Å². The molecule has 0 spiro atoms. The van der Waals surface area contributed by atoms with Crippen molar-refractivity contribution in [2.75, 3.05) is 25.1 Å². The van der Waals surface area contributed by atoms with E-state index < -0.39 is 0 Å². The third-order valence-corrected chi connectivity index (χ3v) is 2.62. The fraction of sp³-hybridized carbons (Fsp3) is 0.385. The molecule has 0 aliphatic rings. The van der Waals surface area contributed by atoms with Gasteiger partial charge in [-0.3, -0.25) is 0 Å². The normalized spacial score (nSPS) is 9.74. The Bertz CT molecular complexity index is 471. The van der Waals surface area contributed by atoms with Crippen LogP contribution in [-0.4, -0.2) is 25.8 Å². The minimum atomic E-state index is -0.308. The first kappa shape index (κ1) is 15.3. The van der Waals surface area contributed by atoms with Crippen LogP contribution in [0.15, 0.2) is 18.2 Å². The maximum atomic E-state index is 11.5. The van der Waals surface area contributed by atoms with E-state index in [4.69, 9.17) is 21.6 Å². The lowest BCUT2D eigenvalue weighted by Gasteiger charge is -2.08. The number of amides is 2. The molecule has 0 radical (unpaired) electrons. The fourth-order valence-corrected chi connectivity index (χ4v) is 1.60. The van der Waals surface area contributed by atoms with Crippen molar-refractivity contribution >= 4 is 23.3 Å². The van der Waals surface area contributed by atoms with Gasteiger partial charge in [0.1, 0.15) is 6.07 Å². The van der Waals surface area contributed by atoms with Crippen LogP contribution in [0, 0.1) is 11.3 Å². The first-order chi connectivity index (χ1) is 9.17. The van der Waals surface area contributed by atoms with E-state index in [9.17, 15) is 4.79 Å². The molecule has 0 aliphatic heterocycles. The molecule has 1 rings (SSSR count). The number of carbonyl (C=O) groups is 1. The number of hydrogen-bond donors (Lipinski definition) is 2. The predicted octanol–water partition coefficient (Wildman–Crippen LogP) is 2.76. The zero-order valence-electron chi connectivity index (χ0n) is 10.7. The molecule has 1 aromatic rings. The third kappa shape index (κ3) is 5.60. The van der Waals surface area contributed by atoms with Crippen LogP contribution in [0.3, 0.4) is 0 Å². The minimum absolute atomic E-state index is 0.308. The van der Waals surface area contributed by atoms with E-state index in [0.29, 0.717) is 36.0 Å². The Morgan fingerprint density at radius 3 is 2.95 bits per heavy atom. The molecule has 0 fully saturated rings. The minimum Gasteiger partial charge on any atom is -0.382 e. The van der Waals surface area contributed by atoms with E-state index in [1.807, 2.05) is 13.0 Å². The van der Waals surface area contributed by atoms with Crippen molar-refractivity contribution in [3.05, 3.63) is 28.8 Å². The van der Waals surface area contributed by atoms with Gasteiger partial charge in [-0.2, -0.15) is 5.26 Å². The van der Waals surface area contributed by atoms with E-state index in [2.05, 4.69) is 10.6 Å². The number of benzene rings is 1. The Morgan fingerprint density at radius 1 is 1.53 bits per heavy atom. The van der Waals surface area contributed by atoms with Crippen LogP contribution in [0.25, 0.3) is 0 Å². The fourth-order valence-electron chi connectivity index (χ4n) is 1.38.